The highest BCUT2D eigenvalue weighted by Crippen LogP contribution is 2.30. The van der Waals surface area contributed by atoms with Crippen LogP contribution < -0.4 is 10.2 Å². The van der Waals surface area contributed by atoms with Gasteiger partial charge in [-0.25, -0.2) is 13.4 Å². The predicted octanol–water partition coefficient (Wildman–Crippen LogP) is 3.02. The number of nitrogens with zero attached hydrogens (tertiary/aromatic N) is 2. The molecule has 0 radical (unpaired) electrons. The lowest BCUT2D eigenvalue weighted by molar-refractivity contribution is 0.0607. The van der Waals surface area contributed by atoms with Crippen LogP contribution in [-0.2, 0) is 14.5 Å². The van der Waals surface area contributed by atoms with Gasteiger partial charge in [-0.3, -0.25) is 0 Å². The van der Waals surface area contributed by atoms with Gasteiger partial charge in [0.05, 0.1) is 15.4 Å². The fourth-order valence-electron chi connectivity index (χ4n) is 2.74. The van der Waals surface area contributed by atoms with Crippen LogP contribution >= 0.6 is 0 Å². The Morgan fingerprint density at radius 2 is 2.12 bits per heavy atom. The number of hydrogen-bond acceptors (Lipinski definition) is 5. The molecule has 1 amide bonds. The van der Waals surface area contributed by atoms with Crippen molar-refractivity contribution in [1.82, 2.24) is 5.32 Å². The summed E-state index contributed by atoms with van der Waals surface area (Å²) >= 11 is 0. The molecule has 0 unspecified atom stereocenters. The first kappa shape index (κ1) is 19.7. The van der Waals surface area contributed by atoms with Gasteiger partial charge in [-0.15, -0.1) is 4.36 Å². The van der Waals surface area contributed by atoms with Crippen LogP contribution in [0.5, 0.6) is 0 Å². The van der Waals surface area contributed by atoms with Crippen LogP contribution in [0.3, 0.4) is 0 Å². The molecule has 1 fully saturated rings. The minimum absolute atomic E-state index is 0.0463. The van der Waals surface area contributed by atoms with E-state index in [0.717, 1.165) is 6.54 Å². The molecule has 1 aromatic carbocycles. The predicted molar refractivity (Wildman–Crippen MR) is 97.1 cm³/mol. The lowest BCUT2D eigenvalue weighted by Crippen LogP contribution is -2.49. The second-order valence-corrected chi connectivity index (χ2v) is 9.46. The molecule has 140 valence electrons. The number of hydrogen-bond donors (Lipinski definition) is 1. The smallest absolute Gasteiger partial charge is 0.442 e. The summed E-state index contributed by atoms with van der Waals surface area (Å²) in [6.07, 6.45) is 0.313. The van der Waals surface area contributed by atoms with E-state index in [0.29, 0.717) is 18.8 Å². The molecule has 1 aliphatic heterocycles. The molecule has 1 N–H and O–H groups in total. The van der Waals surface area contributed by atoms with Crippen LogP contribution in [0.1, 0.15) is 27.7 Å². The van der Waals surface area contributed by atoms with Crippen molar-refractivity contribution in [3.8, 4) is 0 Å². The summed E-state index contributed by atoms with van der Waals surface area (Å²) in [5, 5.41) is 3.31. The van der Waals surface area contributed by atoms with Crippen LogP contribution in [0, 0.1) is 5.82 Å². The lowest BCUT2D eigenvalue weighted by Gasteiger charge is -2.35. The first-order chi connectivity index (χ1) is 11.5. The monoisotopic (exact) mass is 371 g/mol. The summed E-state index contributed by atoms with van der Waals surface area (Å²) in [5.41, 5.74) is -0.254. The SMILES string of the molecule is C[C@H]1CN(c2cccc(F)c2[S@@](C)(=O)=NC(=O)OC(C)(C)C)CCN1. The minimum Gasteiger partial charge on any atom is -0.442 e. The lowest BCUT2D eigenvalue weighted by atomic mass is 10.2. The Morgan fingerprint density at radius 1 is 1.44 bits per heavy atom. The zero-order chi connectivity index (χ0) is 18.8. The Kier molecular flexibility index (Phi) is 5.73. The van der Waals surface area contributed by atoms with Crippen molar-refractivity contribution >= 4 is 21.5 Å². The zero-order valence-corrected chi connectivity index (χ0v) is 16.2. The molecule has 6 nitrogen and oxygen atoms in total. The van der Waals surface area contributed by atoms with Crippen molar-refractivity contribution in [3.05, 3.63) is 24.0 Å². The molecule has 2 rings (SSSR count). The van der Waals surface area contributed by atoms with Crippen molar-refractivity contribution in [2.75, 3.05) is 30.8 Å². The molecular formula is C17H26FN3O3S. The van der Waals surface area contributed by atoms with Gasteiger partial charge in [0.2, 0.25) is 0 Å². The van der Waals surface area contributed by atoms with Crippen LogP contribution in [0.2, 0.25) is 0 Å². The minimum atomic E-state index is -3.30. The highest BCUT2D eigenvalue weighted by atomic mass is 32.2. The Morgan fingerprint density at radius 3 is 2.72 bits per heavy atom. The highest BCUT2D eigenvalue weighted by Gasteiger charge is 2.26. The first-order valence-corrected chi connectivity index (χ1v) is 10.1. The molecule has 8 heteroatoms. The van der Waals surface area contributed by atoms with E-state index in [-0.39, 0.29) is 10.9 Å². The van der Waals surface area contributed by atoms with Crippen molar-refractivity contribution < 1.29 is 18.1 Å². The van der Waals surface area contributed by atoms with E-state index in [1.807, 2.05) is 11.8 Å². The fourth-order valence-corrected chi connectivity index (χ4v) is 4.17. The van der Waals surface area contributed by atoms with Gasteiger partial charge in [-0.2, -0.15) is 0 Å². The van der Waals surface area contributed by atoms with E-state index >= 15 is 0 Å². The third-order valence-corrected chi connectivity index (χ3v) is 5.34. The summed E-state index contributed by atoms with van der Waals surface area (Å²) < 4.78 is 36.4. The van der Waals surface area contributed by atoms with Gasteiger partial charge in [-0.1, -0.05) is 6.07 Å². The number of carbonyl (C=O) groups is 1. The number of rotatable bonds is 2. The molecular weight excluding hydrogens is 345 g/mol. The number of nitrogens with one attached hydrogen (secondary N) is 1. The number of ether oxygens (including phenoxy) is 1. The Bertz CT molecular complexity index is 767. The maximum Gasteiger partial charge on any atom is 0.442 e. The average Bonchev–Trinajstić information content (AvgIpc) is 2.43. The van der Waals surface area contributed by atoms with E-state index in [2.05, 4.69) is 9.68 Å². The molecule has 2 atom stereocenters. The summed E-state index contributed by atoms with van der Waals surface area (Å²) in [6, 6.07) is 4.74. The largest absolute Gasteiger partial charge is 0.442 e. The van der Waals surface area contributed by atoms with E-state index in [1.54, 1.807) is 32.9 Å². The molecule has 0 spiro atoms. The van der Waals surface area contributed by atoms with Gasteiger partial charge in [0, 0.05) is 31.9 Å². The molecule has 1 heterocycles. The van der Waals surface area contributed by atoms with E-state index < -0.39 is 27.2 Å². The maximum atomic E-state index is 14.6. The maximum absolute atomic E-state index is 14.6. The van der Waals surface area contributed by atoms with E-state index in [1.165, 1.54) is 12.3 Å². The molecule has 0 bridgehead atoms. The van der Waals surface area contributed by atoms with Gasteiger partial charge in [0.25, 0.3) is 0 Å². The topological polar surface area (TPSA) is 71.0 Å². The van der Waals surface area contributed by atoms with Crippen molar-refractivity contribution in [3.63, 3.8) is 0 Å². The highest BCUT2D eigenvalue weighted by molar-refractivity contribution is 7.93. The normalized spacial score (nSPS) is 20.7. The van der Waals surface area contributed by atoms with E-state index in [9.17, 15) is 13.4 Å². The molecule has 1 saturated heterocycles. The molecule has 1 aliphatic rings. The summed E-state index contributed by atoms with van der Waals surface area (Å²) in [7, 11) is -3.30. The number of halogens is 1. The molecule has 0 aromatic heterocycles. The van der Waals surface area contributed by atoms with Crippen LogP contribution in [0.4, 0.5) is 14.9 Å². The van der Waals surface area contributed by atoms with Crippen molar-refractivity contribution in [2.24, 2.45) is 4.36 Å². The molecule has 25 heavy (non-hydrogen) atoms. The summed E-state index contributed by atoms with van der Waals surface area (Å²) in [6.45, 7) is 9.14. The molecule has 0 aliphatic carbocycles. The van der Waals surface area contributed by atoms with Crippen LogP contribution in [0.25, 0.3) is 0 Å². The number of anilines is 1. The van der Waals surface area contributed by atoms with Gasteiger partial charge >= 0.3 is 6.09 Å². The number of benzene rings is 1. The van der Waals surface area contributed by atoms with E-state index in [4.69, 9.17) is 4.74 Å². The quantitative estimate of drug-likeness (QED) is 0.865. The number of carbonyl (C=O) groups excluding carboxylic acids is 1. The third-order valence-electron chi connectivity index (χ3n) is 3.68. The number of amides is 1. The van der Waals surface area contributed by atoms with Gasteiger partial charge in [0.15, 0.2) is 0 Å². The second kappa shape index (κ2) is 7.29. The fraction of sp³-hybridized carbons (Fsp3) is 0.588. The van der Waals surface area contributed by atoms with Crippen LogP contribution in [-0.4, -0.2) is 47.8 Å². The summed E-state index contributed by atoms with van der Waals surface area (Å²) in [5.74, 6) is -0.636. The average molecular weight is 371 g/mol. The van der Waals surface area contributed by atoms with Gasteiger partial charge < -0.3 is 15.0 Å². The number of piperazine rings is 1. The van der Waals surface area contributed by atoms with Crippen molar-refractivity contribution in [1.29, 1.82) is 0 Å². The Hall–Kier alpha value is -1.67. The Balaban J connectivity index is 2.47. The molecule has 0 saturated carbocycles. The first-order valence-electron chi connectivity index (χ1n) is 8.21. The standard InChI is InChI=1S/C17H26FN3O3S/c1-12-11-21(10-9-19-12)14-8-6-7-13(18)15(14)25(5,23)20-16(22)24-17(2,3)4/h6-8,12,19H,9-11H2,1-5H3/t12-,25+/m0/s1. The van der Waals surface area contributed by atoms with Gasteiger partial charge in [0.1, 0.15) is 16.3 Å². The molecule has 1 aromatic rings. The summed E-state index contributed by atoms with van der Waals surface area (Å²) in [4.78, 5) is 13.9. The second-order valence-electron chi connectivity index (χ2n) is 7.26. The third kappa shape index (κ3) is 5.15. The Labute approximate surface area is 148 Å². The van der Waals surface area contributed by atoms with Crippen molar-refractivity contribution in [2.45, 2.75) is 44.2 Å². The zero-order valence-electron chi connectivity index (χ0n) is 15.3. The van der Waals surface area contributed by atoms with Gasteiger partial charge in [-0.05, 0) is 39.8 Å². The van der Waals surface area contributed by atoms with Crippen LogP contribution in [0.15, 0.2) is 27.5 Å².